The number of fused-ring (bicyclic) bond motifs is 1. The van der Waals surface area contributed by atoms with Crippen LogP contribution in [0.5, 0.6) is 5.75 Å². The van der Waals surface area contributed by atoms with Gasteiger partial charge in [-0.3, -0.25) is 0 Å². The van der Waals surface area contributed by atoms with E-state index in [0.29, 0.717) is 23.6 Å². The van der Waals surface area contributed by atoms with Crippen LogP contribution < -0.4 is 4.74 Å². The summed E-state index contributed by atoms with van der Waals surface area (Å²) in [4.78, 5) is 4.05. The summed E-state index contributed by atoms with van der Waals surface area (Å²) in [5.74, 6) is -0.393. The average Bonchev–Trinajstić information content (AvgIpc) is 2.93. The van der Waals surface area contributed by atoms with Crippen LogP contribution in [0.4, 0.5) is 4.39 Å². The fourth-order valence-corrected chi connectivity index (χ4v) is 3.81. The summed E-state index contributed by atoms with van der Waals surface area (Å²) in [5, 5.41) is 3.68. The van der Waals surface area contributed by atoms with Crippen molar-refractivity contribution in [3.63, 3.8) is 0 Å². The lowest BCUT2D eigenvalue weighted by Gasteiger charge is -2.20. The molecule has 7 nitrogen and oxygen atoms in total. The van der Waals surface area contributed by atoms with Crippen molar-refractivity contribution in [2.24, 2.45) is 0 Å². The first-order valence-electron chi connectivity index (χ1n) is 7.50. The molecule has 0 saturated carbocycles. The molecule has 2 aromatic rings. The lowest BCUT2D eigenvalue weighted by Crippen LogP contribution is -2.16. The summed E-state index contributed by atoms with van der Waals surface area (Å²) >= 11 is 0. The zero-order chi connectivity index (χ0) is 17.2. The molecule has 0 atom stereocenters. The van der Waals surface area contributed by atoms with Gasteiger partial charge in [0.2, 0.25) is 5.89 Å². The summed E-state index contributed by atoms with van der Waals surface area (Å²) in [6.45, 7) is 2.15. The lowest BCUT2D eigenvalue weighted by molar-refractivity contribution is -0.0171. The molecular weight excluding hydrogens is 339 g/mol. The molecule has 0 aliphatic carbocycles. The summed E-state index contributed by atoms with van der Waals surface area (Å²) in [7, 11) is -3.61. The van der Waals surface area contributed by atoms with E-state index >= 15 is 0 Å². The minimum atomic E-state index is -3.61. The third-order valence-electron chi connectivity index (χ3n) is 3.45. The zero-order valence-corrected chi connectivity index (χ0v) is 13.9. The topological polar surface area (TPSA) is 91.5 Å². The van der Waals surface area contributed by atoms with Crippen molar-refractivity contribution in [1.82, 2.24) is 10.1 Å². The Bertz CT molecular complexity index is 834. The standard InChI is InChI=1S/C15H17FN2O5S/c1-2-3-14-17-13(18-23-14)8-24(19,20)7-11-5-12(16)4-10-6-21-9-22-15(10)11/h4-5H,2-3,6-9H2,1H3. The molecular formula is C15H17FN2O5S. The third-order valence-corrected chi connectivity index (χ3v) is 4.90. The lowest BCUT2D eigenvalue weighted by atomic mass is 10.1. The van der Waals surface area contributed by atoms with Gasteiger partial charge >= 0.3 is 0 Å². The van der Waals surface area contributed by atoms with Crippen LogP contribution in [0, 0.1) is 5.82 Å². The van der Waals surface area contributed by atoms with Crippen molar-refractivity contribution in [3.05, 3.63) is 40.8 Å². The highest BCUT2D eigenvalue weighted by Crippen LogP contribution is 2.31. The molecule has 1 aliphatic heterocycles. The van der Waals surface area contributed by atoms with Gasteiger partial charge in [0.25, 0.3) is 0 Å². The second kappa shape index (κ2) is 6.86. The molecule has 0 saturated heterocycles. The Hall–Kier alpha value is -2.00. The number of nitrogens with zero attached hydrogens (tertiary/aromatic N) is 2. The normalized spacial score (nSPS) is 14.2. The van der Waals surface area contributed by atoms with Gasteiger partial charge < -0.3 is 14.0 Å². The first-order chi connectivity index (χ1) is 11.5. The Morgan fingerprint density at radius 3 is 2.92 bits per heavy atom. The maximum atomic E-state index is 13.7. The summed E-state index contributed by atoms with van der Waals surface area (Å²) in [5.41, 5.74) is 0.766. The van der Waals surface area contributed by atoms with Crippen LogP contribution in [0.1, 0.15) is 36.2 Å². The molecule has 24 heavy (non-hydrogen) atoms. The Morgan fingerprint density at radius 2 is 2.12 bits per heavy atom. The van der Waals surface area contributed by atoms with E-state index in [0.717, 1.165) is 6.42 Å². The van der Waals surface area contributed by atoms with E-state index in [4.69, 9.17) is 14.0 Å². The number of hydrogen-bond donors (Lipinski definition) is 0. The number of benzene rings is 1. The van der Waals surface area contributed by atoms with E-state index in [1.165, 1.54) is 12.1 Å². The van der Waals surface area contributed by atoms with Crippen LogP contribution in [0.3, 0.4) is 0 Å². The van der Waals surface area contributed by atoms with Gasteiger partial charge in [-0.2, -0.15) is 4.98 Å². The molecule has 0 bridgehead atoms. The minimum absolute atomic E-state index is 0.0108. The van der Waals surface area contributed by atoms with Crippen molar-refractivity contribution < 1.29 is 26.8 Å². The van der Waals surface area contributed by atoms with E-state index in [2.05, 4.69) is 10.1 Å². The van der Waals surface area contributed by atoms with Gasteiger partial charge in [0.1, 0.15) is 17.3 Å². The molecule has 1 aromatic carbocycles. The Kier molecular flexibility index (Phi) is 4.81. The highest BCUT2D eigenvalue weighted by Gasteiger charge is 2.23. The SMILES string of the molecule is CCCc1nc(CS(=O)(=O)Cc2cc(F)cc3c2OCOC3)no1. The predicted octanol–water partition coefficient (Wildman–Crippen LogP) is 2.14. The van der Waals surface area contributed by atoms with Gasteiger partial charge in [0.05, 0.1) is 12.4 Å². The number of hydrogen-bond acceptors (Lipinski definition) is 7. The fourth-order valence-electron chi connectivity index (χ4n) is 2.51. The number of aryl methyl sites for hydroxylation is 1. The third kappa shape index (κ3) is 3.90. The number of sulfone groups is 1. The van der Waals surface area contributed by atoms with Gasteiger partial charge in [0.15, 0.2) is 22.5 Å². The van der Waals surface area contributed by atoms with Crippen LogP contribution in [-0.2, 0) is 39.1 Å². The molecule has 0 fully saturated rings. The smallest absolute Gasteiger partial charge is 0.226 e. The average molecular weight is 356 g/mol. The Labute approximate surface area is 138 Å². The van der Waals surface area contributed by atoms with E-state index in [1.54, 1.807) is 0 Å². The first-order valence-corrected chi connectivity index (χ1v) is 9.32. The monoisotopic (exact) mass is 356 g/mol. The Morgan fingerprint density at radius 1 is 1.29 bits per heavy atom. The van der Waals surface area contributed by atoms with Crippen molar-refractivity contribution in [2.45, 2.75) is 37.9 Å². The second-order valence-electron chi connectivity index (χ2n) is 5.55. The van der Waals surface area contributed by atoms with Gasteiger partial charge in [0, 0.05) is 17.5 Å². The number of rotatable bonds is 6. The molecule has 1 aliphatic rings. The number of ether oxygens (including phenoxy) is 2. The quantitative estimate of drug-likeness (QED) is 0.783. The van der Waals surface area contributed by atoms with Crippen molar-refractivity contribution in [3.8, 4) is 5.75 Å². The summed E-state index contributed by atoms with van der Waals surface area (Å²) < 4.78 is 53.9. The maximum Gasteiger partial charge on any atom is 0.226 e. The number of halogens is 1. The molecule has 0 amide bonds. The van der Waals surface area contributed by atoms with Gasteiger partial charge in [-0.1, -0.05) is 12.1 Å². The molecule has 2 heterocycles. The van der Waals surface area contributed by atoms with Gasteiger partial charge in [-0.15, -0.1) is 0 Å². The van der Waals surface area contributed by atoms with E-state index in [9.17, 15) is 12.8 Å². The van der Waals surface area contributed by atoms with Gasteiger partial charge in [-0.05, 0) is 18.6 Å². The molecule has 3 rings (SSSR count). The van der Waals surface area contributed by atoms with E-state index in [-0.39, 0.29) is 36.3 Å². The highest BCUT2D eigenvalue weighted by molar-refractivity contribution is 7.89. The van der Waals surface area contributed by atoms with Crippen LogP contribution in [0.2, 0.25) is 0 Å². The summed E-state index contributed by atoms with van der Waals surface area (Å²) in [6.07, 6.45) is 1.42. The Balaban J connectivity index is 1.80. The van der Waals surface area contributed by atoms with Crippen molar-refractivity contribution >= 4 is 9.84 Å². The molecule has 1 aromatic heterocycles. The van der Waals surface area contributed by atoms with Crippen molar-refractivity contribution in [2.75, 3.05) is 6.79 Å². The van der Waals surface area contributed by atoms with Crippen molar-refractivity contribution in [1.29, 1.82) is 0 Å². The minimum Gasteiger partial charge on any atom is -0.467 e. The second-order valence-corrected chi connectivity index (χ2v) is 7.61. The van der Waals surface area contributed by atoms with Gasteiger partial charge in [-0.25, -0.2) is 12.8 Å². The van der Waals surface area contributed by atoms with E-state index in [1.807, 2.05) is 6.92 Å². The van der Waals surface area contributed by atoms with Crippen LogP contribution in [0.25, 0.3) is 0 Å². The predicted molar refractivity (Wildman–Crippen MR) is 81.3 cm³/mol. The molecule has 9 heteroatoms. The maximum absolute atomic E-state index is 13.7. The van der Waals surface area contributed by atoms with E-state index < -0.39 is 15.7 Å². The van der Waals surface area contributed by atoms with Crippen LogP contribution in [0.15, 0.2) is 16.7 Å². The largest absolute Gasteiger partial charge is 0.467 e. The molecule has 0 spiro atoms. The zero-order valence-electron chi connectivity index (χ0n) is 13.1. The first kappa shape index (κ1) is 16.8. The molecule has 130 valence electrons. The van der Waals surface area contributed by atoms with Crippen LogP contribution >= 0.6 is 0 Å². The highest BCUT2D eigenvalue weighted by atomic mass is 32.2. The molecule has 0 radical (unpaired) electrons. The summed E-state index contributed by atoms with van der Waals surface area (Å²) in [6, 6.07) is 2.45. The van der Waals surface area contributed by atoms with Crippen LogP contribution in [-0.4, -0.2) is 25.4 Å². The number of aromatic nitrogens is 2. The fraction of sp³-hybridized carbons (Fsp3) is 0.467. The molecule has 0 N–H and O–H groups in total. The molecule has 0 unspecified atom stereocenters.